The van der Waals surface area contributed by atoms with Crippen LogP contribution in [0.2, 0.25) is 0 Å². The van der Waals surface area contributed by atoms with Gasteiger partial charge in [0.1, 0.15) is 5.75 Å². The van der Waals surface area contributed by atoms with E-state index in [0.29, 0.717) is 18.0 Å². The molecule has 20 heavy (non-hydrogen) atoms. The Morgan fingerprint density at radius 3 is 2.35 bits per heavy atom. The normalized spacial score (nSPS) is 11.1. The minimum Gasteiger partial charge on any atom is -0.491 e. The van der Waals surface area contributed by atoms with Gasteiger partial charge in [0, 0.05) is 0 Å². The third kappa shape index (κ3) is 3.51. The molecule has 0 aromatic heterocycles. The number of anilines is 1. The van der Waals surface area contributed by atoms with Crippen molar-refractivity contribution in [1.82, 2.24) is 0 Å². The summed E-state index contributed by atoms with van der Waals surface area (Å²) in [5.41, 5.74) is 0.449. The molecule has 0 amide bonds. The molecule has 0 aliphatic rings. The molecular weight excluding hydrogens is 274 g/mol. The number of hydrogen-bond donors (Lipinski definition) is 1. The standard InChI is InChI=1S/C15H17NO3S/c1-2-12-19-15-11-7-6-10-14(15)16-20(17,18)13-8-4-3-5-9-13/h3-11,16H,2,12H2,1H3. The van der Waals surface area contributed by atoms with E-state index < -0.39 is 10.0 Å². The van der Waals surface area contributed by atoms with Crippen LogP contribution in [0.5, 0.6) is 5.75 Å². The third-order valence-electron chi connectivity index (χ3n) is 2.65. The monoisotopic (exact) mass is 291 g/mol. The van der Waals surface area contributed by atoms with Crippen LogP contribution in [0.3, 0.4) is 0 Å². The fourth-order valence-corrected chi connectivity index (χ4v) is 2.78. The van der Waals surface area contributed by atoms with E-state index in [1.165, 1.54) is 0 Å². The fraction of sp³-hybridized carbons (Fsp3) is 0.200. The van der Waals surface area contributed by atoms with Crippen molar-refractivity contribution < 1.29 is 13.2 Å². The molecule has 0 saturated heterocycles. The molecule has 0 aliphatic heterocycles. The van der Waals surface area contributed by atoms with Crippen LogP contribution in [-0.2, 0) is 10.0 Å². The molecule has 0 radical (unpaired) electrons. The van der Waals surface area contributed by atoms with Crippen molar-refractivity contribution in [2.24, 2.45) is 0 Å². The van der Waals surface area contributed by atoms with E-state index in [0.717, 1.165) is 6.42 Å². The Balaban J connectivity index is 2.26. The number of para-hydroxylation sites is 2. The Labute approximate surface area is 119 Å². The maximum Gasteiger partial charge on any atom is 0.262 e. The van der Waals surface area contributed by atoms with Crippen LogP contribution in [-0.4, -0.2) is 15.0 Å². The summed E-state index contributed by atoms with van der Waals surface area (Å²) in [6, 6.07) is 15.3. The highest BCUT2D eigenvalue weighted by Crippen LogP contribution is 2.26. The molecule has 0 bridgehead atoms. The smallest absolute Gasteiger partial charge is 0.262 e. The van der Waals surface area contributed by atoms with Gasteiger partial charge in [-0.2, -0.15) is 0 Å². The van der Waals surface area contributed by atoms with Gasteiger partial charge in [0.25, 0.3) is 10.0 Å². The van der Waals surface area contributed by atoms with Gasteiger partial charge in [-0.15, -0.1) is 0 Å². The molecule has 5 heteroatoms. The van der Waals surface area contributed by atoms with Crippen LogP contribution >= 0.6 is 0 Å². The maximum atomic E-state index is 12.3. The van der Waals surface area contributed by atoms with Crippen molar-refractivity contribution >= 4 is 15.7 Å². The highest BCUT2D eigenvalue weighted by molar-refractivity contribution is 7.92. The zero-order chi connectivity index (χ0) is 14.4. The average molecular weight is 291 g/mol. The predicted molar refractivity (Wildman–Crippen MR) is 79.5 cm³/mol. The molecule has 2 aromatic rings. The second kappa shape index (κ2) is 6.43. The van der Waals surface area contributed by atoms with Gasteiger partial charge in [-0.25, -0.2) is 8.42 Å². The molecule has 4 nitrogen and oxygen atoms in total. The molecule has 0 spiro atoms. The van der Waals surface area contributed by atoms with Gasteiger partial charge in [-0.05, 0) is 30.7 Å². The van der Waals surface area contributed by atoms with Gasteiger partial charge < -0.3 is 4.74 Å². The Morgan fingerprint density at radius 1 is 1.00 bits per heavy atom. The van der Waals surface area contributed by atoms with Crippen LogP contribution in [0, 0.1) is 0 Å². The van der Waals surface area contributed by atoms with Crippen molar-refractivity contribution in [1.29, 1.82) is 0 Å². The SMILES string of the molecule is CCCOc1ccccc1NS(=O)(=O)c1ccccc1. The lowest BCUT2D eigenvalue weighted by Gasteiger charge is -2.13. The van der Waals surface area contributed by atoms with E-state index in [2.05, 4.69) is 4.72 Å². The number of hydrogen-bond acceptors (Lipinski definition) is 3. The Morgan fingerprint density at radius 2 is 1.65 bits per heavy atom. The highest BCUT2D eigenvalue weighted by Gasteiger charge is 2.15. The second-order valence-electron chi connectivity index (χ2n) is 4.26. The van der Waals surface area contributed by atoms with Crippen LogP contribution in [0.15, 0.2) is 59.5 Å². The predicted octanol–water partition coefficient (Wildman–Crippen LogP) is 3.28. The van der Waals surface area contributed by atoms with Gasteiger partial charge in [0.05, 0.1) is 17.2 Å². The van der Waals surface area contributed by atoms with Crippen LogP contribution in [0.1, 0.15) is 13.3 Å². The molecular formula is C15H17NO3S. The summed E-state index contributed by atoms with van der Waals surface area (Å²) in [5.74, 6) is 0.536. The van der Waals surface area contributed by atoms with Crippen LogP contribution in [0.25, 0.3) is 0 Å². The summed E-state index contributed by atoms with van der Waals surface area (Å²) in [5, 5.41) is 0. The minimum atomic E-state index is -3.59. The summed E-state index contributed by atoms with van der Waals surface area (Å²) in [6.45, 7) is 2.54. The zero-order valence-corrected chi connectivity index (χ0v) is 12.1. The number of benzene rings is 2. The molecule has 1 N–H and O–H groups in total. The molecule has 2 rings (SSSR count). The molecule has 0 saturated carbocycles. The first-order valence-corrected chi connectivity index (χ1v) is 7.91. The lowest BCUT2D eigenvalue weighted by Crippen LogP contribution is -2.13. The molecule has 0 atom stereocenters. The number of rotatable bonds is 6. The highest BCUT2D eigenvalue weighted by atomic mass is 32.2. The average Bonchev–Trinajstić information content (AvgIpc) is 2.47. The first-order chi connectivity index (χ1) is 9.63. The van der Waals surface area contributed by atoms with E-state index in [9.17, 15) is 8.42 Å². The Hall–Kier alpha value is -2.01. The molecule has 0 aliphatic carbocycles. The summed E-state index contributed by atoms with van der Waals surface area (Å²) in [7, 11) is -3.59. The van der Waals surface area contributed by atoms with E-state index >= 15 is 0 Å². The van der Waals surface area contributed by atoms with Crippen LogP contribution in [0.4, 0.5) is 5.69 Å². The summed E-state index contributed by atoms with van der Waals surface area (Å²) in [4.78, 5) is 0.227. The number of nitrogens with one attached hydrogen (secondary N) is 1. The quantitative estimate of drug-likeness (QED) is 0.888. The first-order valence-electron chi connectivity index (χ1n) is 6.43. The molecule has 106 valence electrons. The van der Waals surface area contributed by atoms with Crippen molar-refractivity contribution in [2.75, 3.05) is 11.3 Å². The summed E-state index contributed by atoms with van der Waals surface area (Å²) >= 11 is 0. The van der Waals surface area contributed by atoms with Crippen molar-refractivity contribution in [3.8, 4) is 5.75 Å². The van der Waals surface area contributed by atoms with E-state index in [1.54, 1.807) is 48.5 Å². The maximum absolute atomic E-state index is 12.3. The van der Waals surface area contributed by atoms with Gasteiger partial charge in [0.2, 0.25) is 0 Å². The zero-order valence-electron chi connectivity index (χ0n) is 11.2. The van der Waals surface area contributed by atoms with Crippen molar-refractivity contribution in [3.05, 3.63) is 54.6 Å². The largest absolute Gasteiger partial charge is 0.491 e. The third-order valence-corrected chi connectivity index (χ3v) is 4.03. The number of ether oxygens (including phenoxy) is 1. The van der Waals surface area contributed by atoms with Crippen molar-refractivity contribution in [2.45, 2.75) is 18.2 Å². The minimum absolute atomic E-state index is 0.227. The number of sulfonamides is 1. The van der Waals surface area contributed by atoms with E-state index in [1.807, 2.05) is 13.0 Å². The lowest BCUT2D eigenvalue weighted by atomic mass is 10.3. The van der Waals surface area contributed by atoms with E-state index in [4.69, 9.17) is 4.74 Å². The van der Waals surface area contributed by atoms with Crippen molar-refractivity contribution in [3.63, 3.8) is 0 Å². The van der Waals surface area contributed by atoms with Crippen LogP contribution < -0.4 is 9.46 Å². The molecule has 0 heterocycles. The van der Waals surface area contributed by atoms with E-state index in [-0.39, 0.29) is 4.90 Å². The second-order valence-corrected chi connectivity index (χ2v) is 5.95. The molecule has 0 fully saturated rings. The lowest BCUT2D eigenvalue weighted by molar-refractivity contribution is 0.319. The van der Waals surface area contributed by atoms with Gasteiger partial charge in [-0.1, -0.05) is 37.3 Å². The summed E-state index contributed by atoms with van der Waals surface area (Å²) in [6.07, 6.45) is 0.861. The topological polar surface area (TPSA) is 55.4 Å². The Kier molecular flexibility index (Phi) is 4.63. The Bertz CT molecular complexity index is 654. The fourth-order valence-electron chi connectivity index (χ4n) is 1.69. The molecule has 2 aromatic carbocycles. The summed E-state index contributed by atoms with van der Waals surface area (Å²) < 4.78 is 32.6. The first kappa shape index (κ1) is 14.4. The van der Waals surface area contributed by atoms with Gasteiger partial charge in [0.15, 0.2) is 0 Å². The molecule has 0 unspecified atom stereocenters. The van der Waals surface area contributed by atoms with Gasteiger partial charge >= 0.3 is 0 Å². The van der Waals surface area contributed by atoms with Gasteiger partial charge in [-0.3, -0.25) is 4.72 Å².